The number of rotatable bonds is 6. The van der Waals surface area contributed by atoms with Crippen molar-refractivity contribution in [2.45, 2.75) is 46.5 Å². The Morgan fingerprint density at radius 1 is 1.27 bits per heavy atom. The van der Waals surface area contributed by atoms with Crippen molar-refractivity contribution >= 4 is 12.0 Å². The van der Waals surface area contributed by atoms with Crippen molar-refractivity contribution in [1.29, 1.82) is 0 Å². The van der Waals surface area contributed by atoms with Crippen molar-refractivity contribution in [2.24, 2.45) is 0 Å². The summed E-state index contributed by atoms with van der Waals surface area (Å²) in [5, 5.41) is 9.15. The molecule has 0 fully saturated rings. The van der Waals surface area contributed by atoms with E-state index >= 15 is 0 Å². The highest BCUT2D eigenvalue weighted by Crippen LogP contribution is 2.12. The van der Waals surface area contributed by atoms with Crippen LogP contribution in [-0.2, 0) is 6.42 Å². The van der Waals surface area contributed by atoms with Gasteiger partial charge in [-0.15, -0.1) is 0 Å². The van der Waals surface area contributed by atoms with E-state index < -0.39 is 0 Å². The molecule has 22 heavy (non-hydrogen) atoms. The Labute approximate surface area is 128 Å². The molecule has 2 aromatic heterocycles. The second-order valence-electron chi connectivity index (χ2n) is 5.35. The third kappa shape index (κ3) is 4.31. The van der Waals surface area contributed by atoms with Gasteiger partial charge in [-0.2, -0.15) is 9.97 Å². The van der Waals surface area contributed by atoms with Crippen LogP contribution in [0.3, 0.4) is 0 Å². The Hall–Kier alpha value is -2.38. The van der Waals surface area contributed by atoms with Gasteiger partial charge in [0.2, 0.25) is 5.89 Å². The molecule has 0 aromatic carbocycles. The van der Waals surface area contributed by atoms with Crippen LogP contribution < -0.4 is 10.6 Å². The highest BCUT2D eigenvalue weighted by molar-refractivity contribution is 5.86. The Bertz CT molecular complexity index is 613. The van der Waals surface area contributed by atoms with E-state index in [4.69, 9.17) is 8.94 Å². The molecular weight excluding hydrogens is 286 g/mol. The molecule has 120 valence electrons. The molecular formula is C14H21N5O3. The summed E-state index contributed by atoms with van der Waals surface area (Å²) in [5.41, 5.74) is 0.757. The first-order chi connectivity index (χ1) is 10.5. The van der Waals surface area contributed by atoms with E-state index in [9.17, 15) is 4.79 Å². The van der Waals surface area contributed by atoms with Crippen LogP contribution in [0.4, 0.5) is 10.8 Å². The van der Waals surface area contributed by atoms with Crippen LogP contribution in [0.2, 0.25) is 0 Å². The first-order valence-corrected chi connectivity index (χ1v) is 7.27. The van der Waals surface area contributed by atoms with Crippen molar-refractivity contribution in [2.75, 3.05) is 11.9 Å². The molecule has 0 unspecified atom stereocenters. The van der Waals surface area contributed by atoms with E-state index in [1.54, 1.807) is 6.92 Å². The van der Waals surface area contributed by atoms with Gasteiger partial charge in [-0.05, 0) is 20.3 Å². The Balaban J connectivity index is 1.68. The minimum atomic E-state index is -0.352. The van der Waals surface area contributed by atoms with Crippen LogP contribution in [0.5, 0.6) is 0 Å². The predicted molar refractivity (Wildman–Crippen MR) is 79.7 cm³/mol. The van der Waals surface area contributed by atoms with Gasteiger partial charge in [-0.1, -0.05) is 19.0 Å². The molecule has 2 heterocycles. The average molecular weight is 307 g/mol. The topological polar surface area (TPSA) is 106 Å². The lowest BCUT2D eigenvalue weighted by atomic mass is 10.2. The van der Waals surface area contributed by atoms with Crippen LogP contribution >= 0.6 is 0 Å². The maximum Gasteiger partial charge on any atom is 0.322 e. The lowest BCUT2D eigenvalue weighted by Gasteiger charge is -2.03. The van der Waals surface area contributed by atoms with Crippen molar-refractivity contribution in [3.8, 4) is 0 Å². The van der Waals surface area contributed by atoms with Gasteiger partial charge in [-0.3, -0.25) is 5.32 Å². The normalized spacial score (nSPS) is 11.0. The first-order valence-electron chi connectivity index (χ1n) is 7.27. The third-order valence-electron chi connectivity index (χ3n) is 3.10. The number of hydrogen-bond acceptors (Lipinski definition) is 6. The fraction of sp³-hybridized carbons (Fsp3) is 0.571. The molecule has 0 aliphatic carbocycles. The molecule has 0 atom stereocenters. The van der Waals surface area contributed by atoms with E-state index in [1.807, 2.05) is 20.8 Å². The molecule has 2 N–H and O–H groups in total. The number of nitrogens with one attached hydrogen (secondary N) is 2. The number of aryl methyl sites for hydroxylation is 3. The largest absolute Gasteiger partial charge is 0.428 e. The molecule has 8 heteroatoms. The molecule has 0 radical (unpaired) electrons. The fourth-order valence-corrected chi connectivity index (χ4v) is 1.71. The van der Waals surface area contributed by atoms with Gasteiger partial charge < -0.3 is 14.3 Å². The summed E-state index contributed by atoms with van der Waals surface area (Å²) in [6, 6.07) is -0.152. The molecule has 0 saturated heterocycles. The Kier molecular flexibility index (Phi) is 5.13. The maximum absolute atomic E-state index is 11.7. The average Bonchev–Trinajstić information content (AvgIpc) is 3.03. The van der Waals surface area contributed by atoms with Crippen LogP contribution in [0.1, 0.15) is 49.4 Å². The second-order valence-corrected chi connectivity index (χ2v) is 5.35. The van der Waals surface area contributed by atoms with Crippen molar-refractivity contribution in [3.05, 3.63) is 23.2 Å². The van der Waals surface area contributed by atoms with Gasteiger partial charge in [-0.25, -0.2) is 4.79 Å². The number of amides is 2. The van der Waals surface area contributed by atoms with Gasteiger partial charge in [0, 0.05) is 18.9 Å². The minimum Gasteiger partial charge on any atom is -0.428 e. The van der Waals surface area contributed by atoms with Gasteiger partial charge >= 0.3 is 12.0 Å². The first kappa shape index (κ1) is 16.0. The van der Waals surface area contributed by atoms with Gasteiger partial charge in [0.1, 0.15) is 5.76 Å². The summed E-state index contributed by atoms with van der Waals surface area (Å²) in [4.78, 5) is 20.0. The molecule has 8 nitrogen and oxygen atoms in total. The lowest BCUT2D eigenvalue weighted by Crippen LogP contribution is -2.29. The number of aromatic nitrogens is 3. The quantitative estimate of drug-likeness (QED) is 0.794. The molecule has 2 aromatic rings. The predicted octanol–water partition coefficient (Wildman–Crippen LogP) is 2.55. The lowest BCUT2D eigenvalue weighted by molar-refractivity contribution is 0.251. The second kappa shape index (κ2) is 7.06. The number of anilines is 1. The molecule has 0 aliphatic rings. The number of carbonyl (C=O) groups excluding carboxylic acids is 1. The summed E-state index contributed by atoms with van der Waals surface area (Å²) in [7, 11) is 0. The van der Waals surface area contributed by atoms with Crippen LogP contribution in [0, 0.1) is 13.8 Å². The van der Waals surface area contributed by atoms with E-state index in [1.165, 1.54) is 0 Å². The number of hydrogen-bond donors (Lipinski definition) is 2. The van der Waals surface area contributed by atoms with E-state index in [2.05, 4.69) is 25.8 Å². The number of nitrogens with zero attached hydrogens (tertiary/aromatic N) is 3. The zero-order valence-electron chi connectivity index (χ0n) is 13.3. The van der Waals surface area contributed by atoms with Gasteiger partial charge in [0.15, 0.2) is 5.82 Å². The van der Waals surface area contributed by atoms with E-state index in [-0.39, 0.29) is 18.0 Å². The van der Waals surface area contributed by atoms with Gasteiger partial charge in [0.25, 0.3) is 0 Å². The van der Waals surface area contributed by atoms with Crippen LogP contribution in [-0.4, -0.2) is 27.7 Å². The smallest absolute Gasteiger partial charge is 0.322 e. The SMILES string of the molecule is Cc1nc(NC(=O)NCCCc2nc(C(C)C)no2)oc1C. The monoisotopic (exact) mass is 307 g/mol. The summed E-state index contributed by atoms with van der Waals surface area (Å²) in [6.07, 6.45) is 1.33. The van der Waals surface area contributed by atoms with Gasteiger partial charge in [0.05, 0.1) is 5.69 Å². The molecule has 2 amide bonds. The molecule has 0 spiro atoms. The van der Waals surface area contributed by atoms with Crippen LogP contribution in [0.25, 0.3) is 0 Å². The van der Waals surface area contributed by atoms with Crippen LogP contribution in [0.15, 0.2) is 8.94 Å². The number of urea groups is 1. The zero-order valence-corrected chi connectivity index (χ0v) is 13.3. The highest BCUT2D eigenvalue weighted by Gasteiger charge is 2.11. The van der Waals surface area contributed by atoms with Crippen molar-refractivity contribution in [1.82, 2.24) is 20.4 Å². The Morgan fingerprint density at radius 2 is 2.05 bits per heavy atom. The van der Waals surface area contributed by atoms with Crippen molar-refractivity contribution in [3.63, 3.8) is 0 Å². The number of oxazole rings is 1. The van der Waals surface area contributed by atoms with Crippen molar-refractivity contribution < 1.29 is 13.7 Å². The minimum absolute atomic E-state index is 0.200. The summed E-state index contributed by atoms with van der Waals surface area (Å²) < 4.78 is 10.4. The molecule has 0 aliphatic heterocycles. The Morgan fingerprint density at radius 3 is 2.64 bits per heavy atom. The third-order valence-corrected chi connectivity index (χ3v) is 3.10. The maximum atomic E-state index is 11.7. The fourth-order valence-electron chi connectivity index (χ4n) is 1.71. The summed E-state index contributed by atoms with van der Waals surface area (Å²) >= 11 is 0. The summed E-state index contributed by atoms with van der Waals surface area (Å²) in [5.74, 6) is 2.22. The summed E-state index contributed by atoms with van der Waals surface area (Å²) in [6.45, 7) is 8.11. The van der Waals surface area contributed by atoms with E-state index in [0.717, 1.165) is 5.69 Å². The van der Waals surface area contributed by atoms with E-state index in [0.29, 0.717) is 36.9 Å². The molecule has 0 bridgehead atoms. The standard InChI is InChI=1S/C14H21N5O3/c1-8(2)12-17-11(22-19-12)6-5-7-15-13(20)18-14-16-9(3)10(4)21-14/h8H,5-7H2,1-4H3,(H2,15,16,18,20). The molecule has 2 rings (SSSR count). The zero-order chi connectivity index (χ0) is 16.1. The molecule has 0 saturated carbocycles. The number of carbonyl (C=O) groups is 1. The highest BCUT2D eigenvalue weighted by atomic mass is 16.5.